The van der Waals surface area contributed by atoms with Crippen molar-refractivity contribution in [1.29, 1.82) is 0 Å². The van der Waals surface area contributed by atoms with Crippen LogP contribution in [0.3, 0.4) is 0 Å². The van der Waals surface area contributed by atoms with E-state index >= 15 is 0 Å². The average molecular weight is 420 g/mol. The Bertz CT molecular complexity index is 1320. The van der Waals surface area contributed by atoms with Gasteiger partial charge in [-0.2, -0.15) is 4.98 Å². The smallest absolute Gasteiger partial charge is 0.261 e. The van der Waals surface area contributed by atoms with Gasteiger partial charge in [0, 0.05) is 11.1 Å². The van der Waals surface area contributed by atoms with Gasteiger partial charge in [0.05, 0.1) is 10.4 Å². The van der Waals surface area contributed by atoms with Gasteiger partial charge in [0.15, 0.2) is 5.82 Å². The molecule has 4 aromatic rings. The van der Waals surface area contributed by atoms with Crippen LogP contribution < -0.4 is 21.7 Å². The first kappa shape index (κ1) is 19.6. The van der Waals surface area contributed by atoms with Crippen LogP contribution in [0.25, 0.3) is 22.0 Å². The summed E-state index contributed by atoms with van der Waals surface area (Å²) in [6, 6.07) is 19.4. The van der Waals surface area contributed by atoms with Crippen molar-refractivity contribution < 1.29 is 8.42 Å². The quantitative estimate of drug-likeness (QED) is 0.287. The largest absolute Gasteiger partial charge is 0.368 e. The summed E-state index contributed by atoms with van der Waals surface area (Å²) in [6.45, 7) is 1.91. The van der Waals surface area contributed by atoms with Crippen LogP contribution in [0.1, 0.15) is 5.56 Å². The normalized spacial score (nSPS) is 11.4. The minimum atomic E-state index is -3.65. The number of nitrogens with one attached hydrogen (secondary N) is 2. The number of nitrogens with two attached hydrogens (primary N) is 2. The van der Waals surface area contributed by atoms with Crippen molar-refractivity contribution in [3.05, 3.63) is 72.3 Å². The van der Waals surface area contributed by atoms with Gasteiger partial charge in [-0.15, -0.1) is 0 Å². The Kier molecular flexibility index (Phi) is 4.98. The molecular formula is C21H20N6O2S. The van der Waals surface area contributed by atoms with E-state index in [1.165, 1.54) is 0 Å². The van der Waals surface area contributed by atoms with Crippen LogP contribution in [0.2, 0.25) is 0 Å². The molecule has 1 aromatic heterocycles. The molecule has 0 aliphatic heterocycles. The number of benzene rings is 3. The Balaban J connectivity index is 1.62. The Hall–Kier alpha value is -3.69. The molecule has 0 saturated heterocycles. The molecule has 0 atom stereocenters. The highest BCUT2D eigenvalue weighted by molar-refractivity contribution is 7.92. The number of hydrogen-bond donors (Lipinski definition) is 4. The van der Waals surface area contributed by atoms with Crippen LogP contribution in [0, 0.1) is 6.92 Å². The number of aromatic nitrogens is 2. The zero-order valence-corrected chi connectivity index (χ0v) is 16.9. The molecule has 4 rings (SSSR count). The fourth-order valence-corrected chi connectivity index (χ4v) is 4.16. The monoisotopic (exact) mass is 420 g/mol. The molecule has 0 aliphatic rings. The van der Waals surface area contributed by atoms with Crippen LogP contribution in [-0.4, -0.2) is 18.4 Å². The summed E-state index contributed by atoms with van der Waals surface area (Å²) < 4.78 is 27.7. The topological polar surface area (TPSA) is 136 Å². The van der Waals surface area contributed by atoms with Gasteiger partial charge in [0.1, 0.15) is 0 Å². The molecule has 0 radical (unpaired) electrons. The number of nitrogen functional groups attached to an aromatic ring is 2. The van der Waals surface area contributed by atoms with E-state index in [1.807, 2.05) is 37.3 Å². The second-order valence-electron chi connectivity index (χ2n) is 6.80. The fraction of sp³-hybridized carbons (Fsp3) is 0.0476. The summed E-state index contributed by atoms with van der Waals surface area (Å²) in [6.07, 6.45) is 0. The number of anilines is 3. The molecule has 0 unspecified atom stereocenters. The minimum Gasteiger partial charge on any atom is -0.368 e. The first-order valence-electron chi connectivity index (χ1n) is 9.09. The Labute approximate surface area is 174 Å². The van der Waals surface area contributed by atoms with Gasteiger partial charge in [-0.1, -0.05) is 35.9 Å². The SMILES string of the molecule is Cc1ccc(S(=O)(=O)Nc2ccc(-c3ccc4nc(N)nc(NN)c4c3)cc2)cc1. The van der Waals surface area contributed by atoms with Gasteiger partial charge in [0.2, 0.25) is 5.95 Å². The van der Waals surface area contributed by atoms with E-state index < -0.39 is 10.0 Å². The number of aryl methyl sites for hydroxylation is 1. The highest BCUT2D eigenvalue weighted by Crippen LogP contribution is 2.28. The predicted octanol–water partition coefficient (Wildman–Crippen LogP) is 3.27. The zero-order valence-electron chi connectivity index (χ0n) is 16.1. The van der Waals surface area contributed by atoms with E-state index in [9.17, 15) is 8.42 Å². The summed E-state index contributed by atoms with van der Waals surface area (Å²) in [5, 5.41) is 0.730. The first-order chi connectivity index (χ1) is 14.4. The van der Waals surface area contributed by atoms with E-state index in [0.29, 0.717) is 17.0 Å². The molecule has 9 heteroatoms. The van der Waals surface area contributed by atoms with Gasteiger partial charge in [-0.3, -0.25) is 4.72 Å². The molecule has 3 aromatic carbocycles. The van der Waals surface area contributed by atoms with Crippen LogP contribution in [-0.2, 0) is 10.0 Å². The van der Waals surface area contributed by atoms with Crippen LogP contribution in [0.5, 0.6) is 0 Å². The summed E-state index contributed by atoms with van der Waals surface area (Å²) in [4.78, 5) is 8.51. The summed E-state index contributed by atoms with van der Waals surface area (Å²) >= 11 is 0. The Morgan fingerprint density at radius 1 is 0.867 bits per heavy atom. The lowest BCUT2D eigenvalue weighted by atomic mass is 10.0. The highest BCUT2D eigenvalue weighted by atomic mass is 32.2. The predicted molar refractivity (Wildman–Crippen MR) is 119 cm³/mol. The lowest BCUT2D eigenvalue weighted by Crippen LogP contribution is -2.12. The average Bonchev–Trinajstić information content (AvgIpc) is 2.73. The van der Waals surface area contributed by atoms with Crippen molar-refractivity contribution in [3.8, 4) is 11.1 Å². The van der Waals surface area contributed by atoms with Crippen LogP contribution in [0.15, 0.2) is 71.6 Å². The third-order valence-corrected chi connectivity index (χ3v) is 6.05. The summed E-state index contributed by atoms with van der Waals surface area (Å²) in [5.74, 6) is 6.11. The zero-order chi connectivity index (χ0) is 21.3. The molecule has 0 amide bonds. The molecule has 8 nitrogen and oxygen atoms in total. The van der Waals surface area contributed by atoms with E-state index in [-0.39, 0.29) is 10.8 Å². The van der Waals surface area contributed by atoms with Crippen molar-refractivity contribution in [2.24, 2.45) is 5.84 Å². The van der Waals surface area contributed by atoms with E-state index in [1.54, 1.807) is 36.4 Å². The fourth-order valence-electron chi connectivity index (χ4n) is 3.10. The van der Waals surface area contributed by atoms with Crippen molar-refractivity contribution in [1.82, 2.24) is 9.97 Å². The molecule has 0 fully saturated rings. The van der Waals surface area contributed by atoms with E-state index in [4.69, 9.17) is 11.6 Å². The number of hydrazine groups is 1. The third-order valence-electron chi connectivity index (χ3n) is 4.65. The summed E-state index contributed by atoms with van der Waals surface area (Å²) in [7, 11) is -3.65. The van der Waals surface area contributed by atoms with Crippen molar-refractivity contribution >= 4 is 38.4 Å². The Morgan fingerprint density at radius 2 is 1.53 bits per heavy atom. The number of rotatable bonds is 5. The van der Waals surface area contributed by atoms with Crippen molar-refractivity contribution in [2.45, 2.75) is 11.8 Å². The molecule has 0 spiro atoms. The number of fused-ring (bicyclic) bond motifs is 1. The van der Waals surface area contributed by atoms with Gasteiger partial charge < -0.3 is 11.2 Å². The first-order valence-corrected chi connectivity index (χ1v) is 10.6. The molecular weight excluding hydrogens is 400 g/mol. The highest BCUT2D eigenvalue weighted by Gasteiger charge is 2.14. The molecule has 0 bridgehead atoms. The Morgan fingerprint density at radius 3 is 2.20 bits per heavy atom. The van der Waals surface area contributed by atoms with E-state index in [0.717, 1.165) is 22.1 Å². The molecule has 0 saturated carbocycles. The second-order valence-corrected chi connectivity index (χ2v) is 8.48. The molecule has 1 heterocycles. The molecule has 0 aliphatic carbocycles. The molecule has 6 N–H and O–H groups in total. The van der Waals surface area contributed by atoms with E-state index in [2.05, 4.69) is 20.1 Å². The van der Waals surface area contributed by atoms with Crippen molar-refractivity contribution in [2.75, 3.05) is 15.9 Å². The lowest BCUT2D eigenvalue weighted by Gasteiger charge is -2.10. The maximum absolute atomic E-state index is 12.6. The van der Waals surface area contributed by atoms with Crippen molar-refractivity contribution in [3.63, 3.8) is 0 Å². The molecule has 30 heavy (non-hydrogen) atoms. The number of nitrogens with zero attached hydrogens (tertiary/aromatic N) is 2. The summed E-state index contributed by atoms with van der Waals surface area (Å²) in [5.41, 5.74) is 12.2. The third kappa shape index (κ3) is 3.88. The van der Waals surface area contributed by atoms with Gasteiger partial charge in [0.25, 0.3) is 10.0 Å². The minimum absolute atomic E-state index is 0.133. The second kappa shape index (κ2) is 7.62. The number of sulfonamides is 1. The standard InChI is InChI=1S/C21H20N6O2S/c1-13-2-9-17(10-3-13)30(28,29)27-16-7-4-14(5-8-16)15-6-11-19-18(12-15)20(26-23)25-21(22)24-19/h2-12,27H,23H2,1H3,(H3,22,24,25,26). The van der Waals surface area contributed by atoms with Gasteiger partial charge >= 0.3 is 0 Å². The maximum Gasteiger partial charge on any atom is 0.261 e. The lowest BCUT2D eigenvalue weighted by molar-refractivity contribution is 0.601. The van der Waals surface area contributed by atoms with Crippen LogP contribution in [0.4, 0.5) is 17.5 Å². The van der Waals surface area contributed by atoms with Crippen LogP contribution >= 0.6 is 0 Å². The van der Waals surface area contributed by atoms with Gasteiger partial charge in [-0.05, 0) is 54.4 Å². The van der Waals surface area contributed by atoms with Gasteiger partial charge in [-0.25, -0.2) is 19.2 Å². The molecule has 152 valence electrons. The number of hydrogen-bond acceptors (Lipinski definition) is 7. The maximum atomic E-state index is 12.6.